The average molecular weight is 201 g/mol. The van der Waals surface area contributed by atoms with E-state index in [1.54, 1.807) is 0 Å². The summed E-state index contributed by atoms with van der Waals surface area (Å²) in [5.41, 5.74) is 2.63. The van der Waals surface area contributed by atoms with Crippen molar-refractivity contribution in [2.24, 2.45) is 0 Å². The van der Waals surface area contributed by atoms with Crippen molar-refractivity contribution in [2.45, 2.75) is 30.4 Å². The normalized spacial score (nSPS) is 8.22. The van der Waals surface area contributed by atoms with E-state index in [0.29, 0.717) is 0 Å². The van der Waals surface area contributed by atoms with Gasteiger partial charge in [0.25, 0.3) is 0 Å². The van der Waals surface area contributed by atoms with Gasteiger partial charge in [-0.05, 0) is 0 Å². The molecular formula is C7H16GeSi. The Morgan fingerprint density at radius 2 is 1.33 bits per heavy atom. The van der Waals surface area contributed by atoms with Gasteiger partial charge in [-0.2, -0.15) is 0 Å². The second-order valence-electron chi connectivity index (χ2n) is 2.64. The molecule has 0 N–H and O–H groups in total. The number of hydrogen-bond donors (Lipinski definition) is 0. The molecule has 0 aromatic carbocycles. The summed E-state index contributed by atoms with van der Waals surface area (Å²) in [4.78, 5) is 0. The van der Waals surface area contributed by atoms with E-state index in [0.717, 1.165) is 0 Å². The molecule has 0 fully saturated rings. The molecule has 0 bridgehead atoms. The molecule has 52 valence electrons. The first kappa shape index (κ1) is 12.0. The zero-order chi connectivity index (χ0) is 7.86. The van der Waals surface area contributed by atoms with Gasteiger partial charge in [0.05, 0.1) is 0 Å². The predicted molar refractivity (Wildman–Crippen MR) is 49.7 cm³/mol. The fourth-order valence-electron chi connectivity index (χ4n) is 0. The van der Waals surface area contributed by atoms with Gasteiger partial charge in [-0.25, -0.2) is 0 Å². The van der Waals surface area contributed by atoms with E-state index in [1.165, 1.54) is 0 Å². The van der Waals surface area contributed by atoms with Crippen LogP contribution in [0.4, 0.5) is 0 Å². The van der Waals surface area contributed by atoms with Crippen molar-refractivity contribution >= 4 is 23.1 Å². The molecule has 0 saturated heterocycles. The van der Waals surface area contributed by atoms with Crippen LogP contribution in [0.1, 0.15) is 0 Å². The molecule has 0 aliphatic heterocycles. The van der Waals surface area contributed by atoms with Gasteiger partial charge in [0.1, 0.15) is 8.80 Å². The quantitative estimate of drug-likeness (QED) is 0.416. The molecule has 0 atom stereocenters. The van der Waals surface area contributed by atoms with Crippen LogP contribution in [0.15, 0.2) is 0 Å². The Morgan fingerprint density at radius 1 is 1.22 bits per heavy atom. The summed E-state index contributed by atoms with van der Waals surface area (Å²) in [7, 11) is -0.346. The minimum atomic E-state index is -0.346. The summed E-state index contributed by atoms with van der Waals surface area (Å²) < 4.78 is 0. The molecule has 0 rings (SSSR count). The summed E-state index contributed by atoms with van der Waals surface area (Å²) in [5.74, 6) is 7.00. The molecule has 0 nitrogen and oxygen atoms in total. The number of terminal acetylenes is 1. The Labute approximate surface area is 65.8 Å². The molecule has 0 saturated carbocycles. The van der Waals surface area contributed by atoms with E-state index in [-0.39, 0.29) is 23.1 Å². The molecule has 0 aromatic rings. The van der Waals surface area contributed by atoms with E-state index in [9.17, 15) is 0 Å². The second kappa shape index (κ2) is 8.32. The van der Waals surface area contributed by atoms with Gasteiger partial charge in [-0.3, -0.25) is 0 Å². The van der Waals surface area contributed by atoms with Gasteiger partial charge in [0.2, 0.25) is 0 Å². The average Bonchev–Trinajstić information content (AvgIpc) is 1.65. The molecule has 0 aliphatic carbocycles. The van der Waals surface area contributed by atoms with Crippen LogP contribution < -0.4 is 0 Å². The second-order valence-corrected chi connectivity index (χ2v) is 11.2. The summed E-state index contributed by atoms with van der Waals surface area (Å²) in [6.45, 7) is 4.18. The van der Waals surface area contributed by atoms with Crippen molar-refractivity contribution in [1.29, 1.82) is 0 Å². The van der Waals surface area contributed by atoms with Gasteiger partial charge >= 0.3 is 31.6 Å². The van der Waals surface area contributed by atoms with Gasteiger partial charge in [-0.15, -0.1) is 12.0 Å². The SMILES string of the molecule is C#C[Si](C)C.[CH3][Ge]([CH3])[CH3]. The molecule has 0 aromatic heterocycles. The molecule has 0 unspecified atom stereocenters. The minimum absolute atomic E-state index is 0.333. The number of hydrogen-bond acceptors (Lipinski definition) is 0. The fraction of sp³-hybridized carbons (Fsp3) is 0.714. The van der Waals surface area contributed by atoms with E-state index in [4.69, 9.17) is 6.42 Å². The standard InChI is InChI=1S/C4H7Si.C3H9Ge/c1-4-5(2)3;1-4(2)3/h1H,2-3H3;1-3H3. The van der Waals surface area contributed by atoms with E-state index >= 15 is 0 Å². The Bertz CT molecular complexity index is 78.7. The molecule has 2 radical (unpaired) electrons. The topological polar surface area (TPSA) is 0 Å². The molecule has 0 spiro atoms. The molecular weight excluding hydrogens is 185 g/mol. The molecule has 2 heteroatoms. The number of rotatable bonds is 0. The molecule has 0 aliphatic rings. The Balaban J connectivity index is 0. The molecule has 0 amide bonds. The van der Waals surface area contributed by atoms with Crippen molar-refractivity contribution in [3.63, 3.8) is 0 Å². The van der Waals surface area contributed by atoms with Gasteiger partial charge in [0.15, 0.2) is 0 Å². The first-order valence-corrected chi connectivity index (χ1v) is 11.8. The van der Waals surface area contributed by atoms with E-state index in [1.807, 2.05) is 0 Å². The molecule has 0 heterocycles. The zero-order valence-corrected chi connectivity index (χ0v) is 10.2. The van der Waals surface area contributed by atoms with Crippen molar-refractivity contribution < 1.29 is 0 Å². The van der Waals surface area contributed by atoms with Crippen LogP contribution in [0.5, 0.6) is 0 Å². The first-order valence-electron chi connectivity index (χ1n) is 3.04. The third-order valence-electron chi connectivity index (χ3n) is 0.289. The van der Waals surface area contributed by atoms with Crippen molar-refractivity contribution in [3.8, 4) is 12.0 Å². The Hall–Kier alpha value is 0.320. The Kier molecular flexibility index (Phi) is 11.1. The van der Waals surface area contributed by atoms with Crippen LogP contribution in [-0.2, 0) is 0 Å². The van der Waals surface area contributed by atoms with E-state index < -0.39 is 0 Å². The maximum atomic E-state index is 4.97. The monoisotopic (exact) mass is 202 g/mol. The van der Waals surface area contributed by atoms with Gasteiger partial charge in [0, 0.05) is 0 Å². The Morgan fingerprint density at radius 3 is 1.33 bits per heavy atom. The van der Waals surface area contributed by atoms with Crippen LogP contribution >= 0.6 is 0 Å². The van der Waals surface area contributed by atoms with Crippen molar-refractivity contribution in [2.75, 3.05) is 0 Å². The van der Waals surface area contributed by atoms with Crippen LogP contribution in [-0.4, -0.2) is 23.1 Å². The predicted octanol–water partition coefficient (Wildman–Crippen LogP) is 2.28. The van der Waals surface area contributed by atoms with Crippen molar-refractivity contribution in [3.05, 3.63) is 0 Å². The first-order chi connectivity index (χ1) is 4.00. The summed E-state index contributed by atoms with van der Waals surface area (Å²) in [6.07, 6.45) is 4.97. The van der Waals surface area contributed by atoms with Crippen LogP contribution in [0, 0.1) is 12.0 Å². The van der Waals surface area contributed by atoms with Crippen LogP contribution in [0.25, 0.3) is 0 Å². The summed E-state index contributed by atoms with van der Waals surface area (Å²) in [5, 5.41) is 0. The van der Waals surface area contributed by atoms with Crippen LogP contribution in [0.2, 0.25) is 30.4 Å². The van der Waals surface area contributed by atoms with Crippen LogP contribution in [0.3, 0.4) is 0 Å². The summed E-state index contributed by atoms with van der Waals surface area (Å²) in [6, 6.07) is 0. The fourth-order valence-corrected chi connectivity index (χ4v) is 0. The van der Waals surface area contributed by atoms with E-state index in [2.05, 4.69) is 35.9 Å². The third-order valence-corrected chi connectivity index (χ3v) is 0.866. The summed E-state index contributed by atoms with van der Waals surface area (Å²) >= 11 is -0.333. The maximum absolute atomic E-state index is 4.97. The zero-order valence-electron chi connectivity index (χ0n) is 7.08. The van der Waals surface area contributed by atoms with Gasteiger partial charge < -0.3 is 0 Å². The van der Waals surface area contributed by atoms with Gasteiger partial charge in [-0.1, -0.05) is 13.1 Å². The molecule has 9 heavy (non-hydrogen) atoms. The van der Waals surface area contributed by atoms with Crippen molar-refractivity contribution in [1.82, 2.24) is 0 Å². The third kappa shape index (κ3) is 61.7.